The van der Waals surface area contributed by atoms with Gasteiger partial charge in [0.05, 0.1) is 0 Å². The maximum atomic E-state index is 10.8. The minimum atomic E-state index is -0.675. The van der Waals surface area contributed by atoms with E-state index in [1.165, 1.54) is 56.1 Å². The molecule has 4 atom stereocenters. The minimum absolute atomic E-state index is 0.675. The Morgan fingerprint density at radius 2 is 1.66 bits per heavy atom. The summed E-state index contributed by atoms with van der Waals surface area (Å²) in [5, 5.41) is 0. The summed E-state index contributed by atoms with van der Waals surface area (Å²) in [5.41, 5.74) is 2.49. The standard InChI is InChI=1S/C14H29N.C10H14BOS.2C2H6/c1-5-8-13-10-12(4)15(11-13)14(7-3)9-6-2;1-9-3-5-10(6-4-9)11-7-8-13(2)12;2*1-2/h12-14H,5-11H2,1-4H3;3-6H,7-8H2,1-2H3;2*1-2H3. The highest BCUT2D eigenvalue weighted by Crippen LogP contribution is 2.30. The molecule has 1 saturated heterocycles. The van der Waals surface area contributed by atoms with E-state index < -0.39 is 10.8 Å². The molecule has 2 nitrogen and oxygen atoms in total. The molecule has 2 rings (SSSR count). The van der Waals surface area contributed by atoms with Crippen molar-refractivity contribution >= 4 is 23.5 Å². The Morgan fingerprint density at radius 1 is 1.06 bits per heavy atom. The summed E-state index contributed by atoms with van der Waals surface area (Å²) in [6.07, 6.45) is 10.9. The molecule has 1 heterocycles. The molecule has 1 fully saturated rings. The van der Waals surface area contributed by atoms with Crippen molar-refractivity contribution in [3.63, 3.8) is 0 Å². The van der Waals surface area contributed by atoms with Crippen LogP contribution in [-0.2, 0) is 10.8 Å². The number of likely N-dealkylation sites (tertiary alicyclic amines) is 1. The molecule has 1 aliphatic rings. The van der Waals surface area contributed by atoms with Crippen LogP contribution >= 0.6 is 0 Å². The number of benzene rings is 1. The highest BCUT2D eigenvalue weighted by molar-refractivity contribution is 7.84. The third-order valence-electron chi connectivity index (χ3n) is 5.83. The first kappa shape index (κ1) is 33.6. The summed E-state index contributed by atoms with van der Waals surface area (Å²) in [6, 6.07) is 10.1. The smallest absolute Gasteiger partial charge is 0.152 e. The summed E-state index contributed by atoms with van der Waals surface area (Å²) in [4.78, 5) is 2.78. The lowest BCUT2D eigenvalue weighted by molar-refractivity contribution is 0.170. The van der Waals surface area contributed by atoms with Crippen LogP contribution in [0.25, 0.3) is 0 Å². The maximum Gasteiger partial charge on any atom is 0.152 e. The van der Waals surface area contributed by atoms with Gasteiger partial charge in [0.25, 0.3) is 0 Å². The zero-order valence-corrected chi connectivity index (χ0v) is 24.1. The molecule has 4 heteroatoms. The zero-order chi connectivity index (χ0) is 24.9. The van der Waals surface area contributed by atoms with Gasteiger partial charge in [0.2, 0.25) is 0 Å². The van der Waals surface area contributed by atoms with Gasteiger partial charge < -0.3 is 0 Å². The second-order valence-electron chi connectivity index (χ2n) is 8.47. The molecule has 0 bridgehead atoms. The first-order chi connectivity index (χ1) is 15.4. The van der Waals surface area contributed by atoms with Crippen molar-refractivity contribution in [2.75, 3.05) is 18.6 Å². The van der Waals surface area contributed by atoms with Gasteiger partial charge in [-0.15, -0.1) is 0 Å². The fourth-order valence-corrected chi connectivity index (χ4v) is 4.78. The molecule has 0 aromatic heterocycles. The van der Waals surface area contributed by atoms with Crippen molar-refractivity contribution in [2.24, 2.45) is 5.92 Å². The SMILES string of the molecule is CC.CC.CCCC1CC(C)N(C(CC)CCC)C1.Cc1ccc([B]CCS(C)=O)cc1. The monoisotopic (exact) mass is 464 g/mol. The molecule has 0 N–H and O–H groups in total. The van der Waals surface area contributed by atoms with Crippen LogP contribution < -0.4 is 5.46 Å². The predicted molar refractivity (Wildman–Crippen MR) is 151 cm³/mol. The molecule has 0 spiro atoms. The molecule has 187 valence electrons. The lowest BCUT2D eigenvalue weighted by Crippen LogP contribution is -2.37. The van der Waals surface area contributed by atoms with E-state index in [0.717, 1.165) is 30.1 Å². The second-order valence-corrected chi connectivity index (χ2v) is 10.0. The van der Waals surface area contributed by atoms with Crippen LogP contribution in [0.3, 0.4) is 0 Å². The molecule has 4 unspecified atom stereocenters. The number of aryl methyl sites for hydroxylation is 1. The fraction of sp³-hybridized carbons (Fsp3) is 0.786. The highest BCUT2D eigenvalue weighted by atomic mass is 32.2. The van der Waals surface area contributed by atoms with Crippen LogP contribution in [0.2, 0.25) is 6.32 Å². The van der Waals surface area contributed by atoms with E-state index in [1.54, 1.807) is 6.26 Å². The summed E-state index contributed by atoms with van der Waals surface area (Å²) in [5.74, 6) is 1.74. The van der Waals surface area contributed by atoms with E-state index in [0.29, 0.717) is 0 Å². The quantitative estimate of drug-likeness (QED) is 0.340. The van der Waals surface area contributed by atoms with E-state index in [1.807, 2.05) is 27.7 Å². The van der Waals surface area contributed by atoms with Crippen LogP contribution in [-0.4, -0.2) is 47.0 Å². The van der Waals surface area contributed by atoms with Crippen LogP contribution in [0.4, 0.5) is 0 Å². The van der Waals surface area contributed by atoms with Crippen LogP contribution in [0.15, 0.2) is 24.3 Å². The Hall–Kier alpha value is -0.605. The van der Waals surface area contributed by atoms with Crippen LogP contribution in [0, 0.1) is 12.8 Å². The molecule has 1 aromatic carbocycles. The molecule has 0 saturated carbocycles. The van der Waals surface area contributed by atoms with Gasteiger partial charge >= 0.3 is 0 Å². The molecular formula is C28H55BNOS. The summed E-state index contributed by atoms with van der Waals surface area (Å²) >= 11 is 0. The lowest BCUT2D eigenvalue weighted by atomic mass is 9.68. The Labute approximate surface area is 206 Å². The zero-order valence-electron chi connectivity index (χ0n) is 23.2. The Kier molecular flexibility index (Phi) is 23.3. The van der Waals surface area contributed by atoms with Crippen LogP contribution in [0.1, 0.15) is 99.5 Å². The molecule has 1 aromatic rings. The first-order valence-electron chi connectivity index (χ1n) is 13.4. The maximum absolute atomic E-state index is 10.8. The summed E-state index contributed by atoms with van der Waals surface area (Å²) in [6.45, 7) is 20.8. The second kappa shape index (κ2) is 22.2. The van der Waals surface area contributed by atoms with Crippen molar-refractivity contribution in [1.82, 2.24) is 4.90 Å². The molecular weight excluding hydrogens is 409 g/mol. The topological polar surface area (TPSA) is 20.3 Å². The van der Waals surface area contributed by atoms with Gasteiger partial charge in [0.15, 0.2) is 7.28 Å². The van der Waals surface area contributed by atoms with Gasteiger partial charge in [-0.05, 0) is 45.4 Å². The molecule has 0 amide bonds. The molecule has 1 radical (unpaired) electrons. The normalized spacial score (nSPS) is 19.3. The average molecular weight is 465 g/mol. The van der Waals surface area contributed by atoms with Crippen molar-refractivity contribution in [3.8, 4) is 0 Å². The Bertz CT molecular complexity index is 549. The molecule has 32 heavy (non-hydrogen) atoms. The average Bonchev–Trinajstić information content (AvgIpc) is 3.16. The first-order valence-corrected chi connectivity index (χ1v) is 15.1. The van der Waals surface area contributed by atoms with Crippen molar-refractivity contribution in [2.45, 2.75) is 119 Å². The number of nitrogens with zero attached hydrogens (tertiary/aromatic N) is 1. The van der Waals surface area contributed by atoms with Gasteiger partial charge in [-0.1, -0.05) is 103 Å². The number of rotatable bonds is 10. The number of hydrogen-bond acceptors (Lipinski definition) is 2. The van der Waals surface area contributed by atoms with Gasteiger partial charge in [-0.2, -0.15) is 0 Å². The van der Waals surface area contributed by atoms with E-state index >= 15 is 0 Å². The van der Waals surface area contributed by atoms with Crippen LogP contribution in [0.5, 0.6) is 0 Å². The van der Waals surface area contributed by atoms with Crippen molar-refractivity contribution in [1.29, 1.82) is 0 Å². The molecule has 0 aliphatic carbocycles. The van der Waals surface area contributed by atoms with Crippen molar-refractivity contribution in [3.05, 3.63) is 29.8 Å². The van der Waals surface area contributed by atoms with E-state index in [9.17, 15) is 4.21 Å². The van der Waals surface area contributed by atoms with Gasteiger partial charge in [-0.25, -0.2) is 0 Å². The van der Waals surface area contributed by atoms with E-state index in [-0.39, 0.29) is 0 Å². The third-order valence-corrected chi connectivity index (χ3v) is 6.64. The van der Waals surface area contributed by atoms with Crippen molar-refractivity contribution < 1.29 is 4.21 Å². The van der Waals surface area contributed by atoms with E-state index in [4.69, 9.17) is 0 Å². The summed E-state index contributed by atoms with van der Waals surface area (Å²) < 4.78 is 10.8. The van der Waals surface area contributed by atoms with Gasteiger partial charge in [0, 0.05) is 41.4 Å². The van der Waals surface area contributed by atoms with Gasteiger partial charge in [0.1, 0.15) is 0 Å². The predicted octanol–water partition coefficient (Wildman–Crippen LogP) is 7.25. The minimum Gasteiger partial charge on any atom is -0.297 e. The molecule has 1 aliphatic heterocycles. The lowest BCUT2D eigenvalue weighted by Gasteiger charge is -2.30. The van der Waals surface area contributed by atoms with Gasteiger partial charge in [-0.3, -0.25) is 9.11 Å². The Balaban J connectivity index is 0. The highest BCUT2D eigenvalue weighted by Gasteiger charge is 2.31. The Morgan fingerprint density at radius 3 is 2.12 bits per heavy atom. The summed E-state index contributed by atoms with van der Waals surface area (Å²) in [7, 11) is 1.45. The fourth-order valence-electron chi connectivity index (χ4n) is 4.33. The third kappa shape index (κ3) is 15.3. The number of hydrogen-bond donors (Lipinski definition) is 0. The van der Waals surface area contributed by atoms with E-state index in [2.05, 4.69) is 71.1 Å². The largest absolute Gasteiger partial charge is 0.297 e.